The van der Waals surface area contributed by atoms with Crippen molar-refractivity contribution in [2.75, 3.05) is 6.61 Å². The molecule has 3 aromatic rings. The highest BCUT2D eigenvalue weighted by atomic mass is 35.5. The summed E-state index contributed by atoms with van der Waals surface area (Å²) in [5, 5.41) is 21.5. The molecule has 3 aromatic carbocycles. The Balaban J connectivity index is 1.86. The SMILES string of the molecule is CCOc1cc(/C=C(\C#N)C(=O)c2cccc([N+](=O)[O-])c2)ccc1OCc1ccc(Cl)cc1Cl. The number of ether oxygens (including phenoxy) is 2. The second-order valence-corrected chi connectivity index (χ2v) is 7.81. The molecule has 34 heavy (non-hydrogen) atoms. The number of rotatable bonds is 9. The fraction of sp³-hybridized carbons (Fsp3) is 0.120. The zero-order valence-corrected chi connectivity index (χ0v) is 19.5. The molecule has 0 bridgehead atoms. The van der Waals surface area contributed by atoms with Crippen molar-refractivity contribution in [3.63, 3.8) is 0 Å². The molecule has 0 aliphatic carbocycles. The molecule has 0 fully saturated rings. The Hall–Kier alpha value is -3.86. The highest BCUT2D eigenvalue weighted by Crippen LogP contribution is 2.31. The van der Waals surface area contributed by atoms with E-state index in [0.29, 0.717) is 33.7 Å². The number of Topliss-reactive ketones (excluding diaryl/α,β-unsaturated/α-hetero) is 1. The minimum absolute atomic E-state index is 0.0480. The van der Waals surface area contributed by atoms with Crippen molar-refractivity contribution in [1.29, 1.82) is 5.26 Å². The van der Waals surface area contributed by atoms with Gasteiger partial charge in [-0.25, -0.2) is 0 Å². The topological polar surface area (TPSA) is 102 Å². The predicted molar refractivity (Wildman–Crippen MR) is 129 cm³/mol. The van der Waals surface area contributed by atoms with E-state index in [4.69, 9.17) is 32.7 Å². The molecule has 0 aliphatic heterocycles. The van der Waals surface area contributed by atoms with E-state index >= 15 is 0 Å². The van der Waals surface area contributed by atoms with Crippen molar-refractivity contribution in [1.82, 2.24) is 0 Å². The van der Waals surface area contributed by atoms with Crippen LogP contribution in [0.4, 0.5) is 5.69 Å². The van der Waals surface area contributed by atoms with Crippen LogP contribution >= 0.6 is 23.2 Å². The monoisotopic (exact) mass is 496 g/mol. The molecule has 0 aliphatic rings. The zero-order valence-electron chi connectivity index (χ0n) is 18.0. The number of nitro benzene ring substituents is 1. The Morgan fingerprint density at radius 2 is 1.88 bits per heavy atom. The van der Waals surface area contributed by atoms with Gasteiger partial charge in [0.1, 0.15) is 18.2 Å². The van der Waals surface area contributed by atoms with Crippen LogP contribution in [0.2, 0.25) is 10.0 Å². The number of nitriles is 1. The first-order valence-electron chi connectivity index (χ1n) is 10.1. The molecule has 0 heterocycles. The summed E-state index contributed by atoms with van der Waals surface area (Å²) in [5.41, 5.74) is 0.905. The third-order valence-corrected chi connectivity index (χ3v) is 5.25. The Labute approximate surface area is 205 Å². The molecule has 3 rings (SSSR count). The van der Waals surface area contributed by atoms with Crippen LogP contribution in [0.5, 0.6) is 11.5 Å². The number of carbonyl (C=O) groups excluding carboxylic acids is 1. The number of nitrogens with zero attached hydrogens (tertiary/aromatic N) is 2. The van der Waals surface area contributed by atoms with Crippen LogP contribution in [0.25, 0.3) is 6.08 Å². The molecule has 0 unspecified atom stereocenters. The van der Waals surface area contributed by atoms with E-state index in [1.54, 1.807) is 36.4 Å². The minimum Gasteiger partial charge on any atom is -0.490 e. The molecule has 0 amide bonds. The van der Waals surface area contributed by atoms with Crippen LogP contribution in [0, 0.1) is 21.4 Å². The van der Waals surface area contributed by atoms with Crippen molar-refractivity contribution in [3.05, 3.63) is 103 Å². The van der Waals surface area contributed by atoms with Gasteiger partial charge in [-0.1, -0.05) is 47.5 Å². The summed E-state index contributed by atoms with van der Waals surface area (Å²) in [6.45, 7) is 2.36. The van der Waals surface area contributed by atoms with Crippen molar-refractivity contribution >= 4 is 40.7 Å². The molecule has 0 saturated carbocycles. The molecule has 172 valence electrons. The van der Waals surface area contributed by atoms with E-state index < -0.39 is 10.7 Å². The Morgan fingerprint density at radius 1 is 1.09 bits per heavy atom. The second kappa shape index (κ2) is 11.3. The molecule has 7 nitrogen and oxygen atoms in total. The van der Waals surface area contributed by atoms with Crippen LogP contribution in [-0.4, -0.2) is 17.3 Å². The highest BCUT2D eigenvalue weighted by Gasteiger charge is 2.16. The molecular weight excluding hydrogens is 479 g/mol. The normalized spacial score (nSPS) is 10.9. The number of carbonyl (C=O) groups is 1. The minimum atomic E-state index is -0.623. The number of hydrogen-bond donors (Lipinski definition) is 0. The maximum atomic E-state index is 12.8. The average molecular weight is 497 g/mol. The lowest BCUT2D eigenvalue weighted by Crippen LogP contribution is -2.03. The first-order valence-corrected chi connectivity index (χ1v) is 10.8. The first kappa shape index (κ1) is 24.8. The highest BCUT2D eigenvalue weighted by molar-refractivity contribution is 6.35. The smallest absolute Gasteiger partial charge is 0.270 e. The van der Waals surface area contributed by atoms with E-state index in [0.717, 1.165) is 11.6 Å². The van der Waals surface area contributed by atoms with Crippen LogP contribution in [0.1, 0.15) is 28.4 Å². The summed E-state index contributed by atoms with van der Waals surface area (Å²) in [5.74, 6) is 0.247. The summed E-state index contributed by atoms with van der Waals surface area (Å²) < 4.78 is 11.5. The molecule has 0 aromatic heterocycles. The molecule has 0 saturated heterocycles. The van der Waals surface area contributed by atoms with Crippen molar-refractivity contribution in [2.24, 2.45) is 0 Å². The Kier molecular flexibility index (Phi) is 8.25. The third-order valence-electron chi connectivity index (χ3n) is 4.66. The Morgan fingerprint density at radius 3 is 2.56 bits per heavy atom. The molecular formula is C25H18Cl2N2O5. The second-order valence-electron chi connectivity index (χ2n) is 6.97. The predicted octanol–water partition coefficient (Wildman–Crippen LogP) is 6.67. The van der Waals surface area contributed by atoms with Gasteiger partial charge < -0.3 is 9.47 Å². The van der Waals surface area contributed by atoms with E-state index in [9.17, 15) is 20.2 Å². The number of nitro groups is 1. The van der Waals surface area contributed by atoms with Gasteiger partial charge in [-0.3, -0.25) is 14.9 Å². The fourth-order valence-corrected chi connectivity index (χ4v) is 3.49. The summed E-state index contributed by atoms with van der Waals surface area (Å²) in [4.78, 5) is 23.1. The largest absolute Gasteiger partial charge is 0.490 e. The number of halogens is 2. The van der Waals surface area contributed by atoms with Crippen LogP contribution in [0.3, 0.4) is 0 Å². The van der Waals surface area contributed by atoms with Crippen LogP contribution in [0.15, 0.2) is 66.2 Å². The van der Waals surface area contributed by atoms with Gasteiger partial charge in [0.05, 0.1) is 11.5 Å². The van der Waals surface area contributed by atoms with Gasteiger partial charge in [0.25, 0.3) is 5.69 Å². The lowest BCUT2D eigenvalue weighted by Gasteiger charge is -2.13. The van der Waals surface area contributed by atoms with Crippen LogP contribution in [-0.2, 0) is 6.61 Å². The maximum Gasteiger partial charge on any atom is 0.270 e. The lowest BCUT2D eigenvalue weighted by atomic mass is 10.0. The van der Waals surface area contributed by atoms with Gasteiger partial charge in [-0.05, 0) is 42.8 Å². The number of allylic oxidation sites excluding steroid dienone is 1. The first-order chi connectivity index (χ1) is 16.3. The van der Waals surface area contributed by atoms with E-state index in [1.807, 2.05) is 13.0 Å². The van der Waals surface area contributed by atoms with Crippen LogP contribution < -0.4 is 9.47 Å². The third kappa shape index (κ3) is 6.13. The summed E-state index contributed by atoms with van der Waals surface area (Å²) in [6, 6.07) is 17.2. The van der Waals surface area contributed by atoms with Gasteiger partial charge in [-0.2, -0.15) is 5.26 Å². The number of benzene rings is 3. The quantitative estimate of drug-likeness (QED) is 0.108. The molecule has 0 atom stereocenters. The number of non-ortho nitro benzene ring substituents is 1. The summed E-state index contributed by atoms with van der Waals surface area (Å²) in [6.07, 6.45) is 1.39. The molecule has 9 heteroatoms. The molecule has 0 radical (unpaired) electrons. The van der Waals surface area contributed by atoms with Gasteiger partial charge in [0.2, 0.25) is 5.78 Å². The molecule has 0 N–H and O–H groups in total. The maximum absolute atomic E-state index is 12.8. The van der Waals surface area contributed by atoms with Gasteiger partial charge >= 0.3 is 0 Å². The molecule has 0 spiro atoms. The van der Waals surface area contributed by atoms with Gasteiger partial charge in [0, 0.05) is 33.3 Å². The lowest BCUT2D eigenvalue weighted by molar-refractivity contribution is -0.384. The van der Waals surface area contributed by atoms with E-state index in [-0.39, 0.29) is 23.4 Å². The van der Waals surface area contributed by atoms with Crippen molar-refractivity contribution < 1.29 is 19.2 Å². The zero-order chi connectivity index (χ0) is 24.7. The van der Waals surface area contributed by atoms with E-state index in [1.165, 1.54) is 24.3 Å². The summed E-state index contributed by atoms with van der Waals surface area (Å²) in [7, 11) is 0. The standard InChI is InChI=1S/C25H18Cl2N2O5/c1-2-33-24-11-16(6-9-23(24)34-15-18-7-8-20(26)13-22(18)27)10-19(14-28)25(30)17-4-3-5-21(12-17)29(31)32/h3-13H,2,15H2,1H3/b19-10+. The summed E-state index contributed by atoms with van der Waals surface area (Å²) >= 11 is 12.1. The van der Waals surface area contributed by atoms with Gasteiger partial charge in [0.15, 0.2) is 11.5 Å². The Bertz CT molecular complexity index is 1310. The van der Waals surface area contributed by atoms with Crippen molar-refractivity contribution in [3.8, 4) is 17.6 Å². The van der Waals surface area contributed by atoms with Crippen molar-refractivity contribution in [2.45, 2.75) is 13.5 Å². The number of ketones is 1. The fourth-order valence-electron chi connectivity index (χ4n) is 3.03. The average Bonchev–Trinajstić information content (AvgIpc) is 2.82. The van der Waals surface area contributed by atoms with Gasteiger partial charge in [-0.15, -0.1) is 0 Å². The number of hydrogen-bond acceptors (Lipinski definition) is 6. The van der Waals surface area contributed by atoms with E-state index in [2.05, 4.69) is 0 Å².